The fourth-order valence-electron chi connectivity index (χ4n) is 5.25. The van der Waals surface area contributed by atoms with Gasteiger partial charge in [0.15, 0.2) is 0 Å². The molecule has 2 atom stereocenters. The molecule has 0 radical (unpaired) electrons. The molecule has 2 N–H and O–H groups in total. The average molecular weight is 423 g/mol. The van der Waals surface area contributed by atoms with Gasteiger partial charge in [-0.1, -0.05) is 5.92 Å². The number of carbonyl (C=O) groups excluding carboxylic acids is 2. The first-order valence-corrected chi connectivity index (χ1v) is 10.8. The Balaban J connectivity index is 1.32. The van der Waals surface area contributed by atoms with E-state index < -0.39 is 12.2 Å². The smallest absolute Gasteiger partial charge is 0.237 e. The van der Waals surface area contributed by atoms with Crippen LogP contribution in [0.4, 0.5) is 10.1 Å². The van der Waals surface area contributed by atoms with E-state index in [4.69, 9.17) is 11.7 Å². The first kappa shape index (κ1) is 21.3. The number of halogens is 1. The van der Waals surface area contributed by atoms with Crippen molar-refractivity contribution in [1.29, 1.82) is 5.26 Å². The monoisotopic (exact) mass is 422 g/mol. The van der Waals surface area contributed by atoms with Crippen LogP contribution in [0.25, 0.3) is 0 Å². The highest BCUT2D eigenvalue weighted by atomic mass is 19.1. The van der Waals surface area contributed by atoms with Crippen LogP contribution in [0.5, 0.6) is 0 Å². The lowest BCUT2D eigenvalue weighted by Crippen LogP contribution is -2.59. The largest absolute Gasteiger partial charge is 0.326 e. The van der Waals surface area contributed by atoms with Crippen LogP contribution in [-0.4, -0.2) is 47.6 Å². The number of alkyl halides is 1. The van der Waals surface area contributed by atoms with E-state index in [1.807, 2.05) is 30.3 Å². The minimum atomic E-state index is -1.13. The van der Waals surface area contributed by atoms with Crippen LogP contribution in [0, 0.1) is 29.1 Å². The zero-order valence-electron chi connectivity index (χ0n) is 17.5. The lowest BCUT2D eigenvalue weighted by atomic mass is 9.57. The van der Waals surface area contributed by atoms with Gasteiger partial charge in [-0.2, -0.15) is 5.26 Å². The van der Waals surface area contributed by atoms with Crippen molar-refractivity contribution >= 4 is 17.5 Å². The summed E-state index contributed by atoms with van der Waals surface area (Å²) in [5.74, 6) is 2.39. The molecule has 1 saturated heterocycles. The Morgan fingerprint density at radius 1 is 1.16 bits per heavy atom. The predicted molar refractivity (Wildman–Crippen MR) is 115 cm³/mol. The highest BCUT2D eigenvalue weighted by Gasteiger charge is 2.52. The summed E-state index contributed by atoms with van der Waals surface area (Å²) in [5.41, 5.74) is 0.978. The lowest BCUT2D eigenvalue weighted by molar-refractivity contribution is -0.135. The molecule has 3 aliphatic carbocycles. The maximum Gasteiger partial charge on any atom is 0.237 e. The number of benzene rings is 1. The summed E-state index contributed by atoms with van der Waals surface area (Å²) < 4.78 is 13.6. The van der Waals surface area contributed by atoms with E-state index in [0.29, 0.717) is 0 Å². The molecule has 0 unspecified atom stereocenters. The average Bonchev–Trinajstić information content (AvgIpc) is 3.20. The third kappa shape index (κ3) is 4.16. The number of amides is 2. The Bertz CT molecular complexity index is 921. The van der Waals surface area contributed by atoms with Gasteiger partial charge in [-0.25, -0.2) is 4.39 Å². The topological polar surface area (TPSA) is 85.2 Å². The standard InChI is InChI=1S/C24H27FN4O2/c1-2-17-3-5-19(6-4-17)28-22(31)23-7-10-24(11-8-23,12-9-23)27-15-21(30)29-16-18(25)13-20(29)14-26/h1,3-6,18,20,27H,7-13,15-16H2,(H,28,31)/t18-,20-,23?,24?/m0/s1. The molecule has 1 aliphatic heterocycles. The summed E-state index contributed by atoms with van der Waals surface area (Å²) in [4.78, 5) is 27.0. The van der Waals surface area contributed by atoms with E-state index in [9.17, 15) is 14.0 Å². The lowest BCUT2D eigenvalue weighted by Gasteiger charge is -2.52. The molecule has 3 saturated carbocycles. The van der Waals surface area contributed by atoms with Crippen LogP contribution in [0.2, 0.25) is 0 Å². The Labute approximate surface area is 182 Å². The van der Waals surface area contributed by atoms with E-state index in [1.165, 1.54) is 4.90 Å². The van der Waals surface area contributed by atoms with Crippen molar-refractivity contribution < 1.29 is 14.0 Å². The number of rotatable bonds is 5. The normalized spacial score (nSPS) is 31.6. The van der Waals surface area contributed by atoms with Crippen molar-refractivity contribution in [3.63, 3.8) is 0 Å². The Morgan fingerprint density at radius 3 is 2.39 bits per heavy atom. The Morgan fingerprint density at radius 2 is 1.81 bits per heavy atom. The number of nitrogens with one attached hydrogen (secondary N) is 2. The maximum absolute atomic E-state index is 13.6. The Kier molecular flexibility index (Phi) is 5.73. The summed E-state index contributed by atoms with van der Waals surface area (Å²) in [6, 6.07) is 8.61. The van der Waals surface area contributed by atoms with E-state index >= 15 is 0 Å². The van der Waals surface area contributed by atoms with Crippen LogP contribution in [-0.2, 0) is 9.59 Å². The van der Waals surface area contributed by atoms with Crippen molar-refractivity contribution in [2.45, 2.75) is 62.7 Å². The molecule has 4 fully saturated rings. The fraction of sp³-hybridized carbons (Fsp3) is 0.542. The number of nitrogens with zero attached hydrogens (tertiary/aromatic N) is 2. The molecule has 0 aromatic heterocycles. The summed E-state index contributed by atoms with van der Waals surface area (Å²) in [6.45, 7) is 0.100. The van der Waals surface area contributed by atoms with Gasteiger partial charge in [0.05, 0.1) is 19.2 Å². The number of carbonyl (C=O) groups is 2. The van der Waals surface area contributed by atoms with Crippen molar-refractivity contribution in [2.24, 2.45) is 5.41 Å². The van der Waals surface area contributed by atoms with E-state index in [1.54, 1.807) is 0 Å². The number of hydrogen-bond donors (Lipinski definition) is 2. The highest BCUT2D eigenvalue weighted by Crippen LogP contribution is 2.52. The van der Waals surface area contributed by atoms with Crippen LogP contribution >= 0.6 is 0 Å². The maximum atomic E-state index is 13.6. The molecular weight excluding hydrogens is 395 g/mol. The first-order valence-electron chi connectivity index (χ1n) is 10.8. The number of hydrogen-bond acceptors (Lipinski definition) is 4. The summed E-state index contributed by atoms with van der Waals surface area (Å²) >= 11 is 0. The number of terminal acetylenes is 1. The zero-order chi connectivity index (χ0) is 22.1. The molecule has 1 aromatic carbocycles. The molecule has 0 spiro atoms. The second kappa shape index (κ2) is 8.32. The van der Waals surface area contributed by atoms with Gasteiger partial charge in [0, 0.05) is 28.6 Å². The third-order valence-corrected chi connectivity index (χ3v) is 7.37. The second-order valence-electron chi connectivity index (χ2n) is 9.11. The first-order chi connectivity index (χ1) is 14.9. The van der Waals surface area contributed by atoms with Gasteiger partial charge in [0.1, 0.15) is 12.2 Å². The molecule has 2 bridgehead atoms. The van der Waals surface area contributed by atoms with Crippen LogP contribution < -0.4 is 10.6 Å². The van der Waals surface area contributed by atoms with Crippen molar-refractivity contribution in [2.75, 3.05) is 18.4 Å². The van der Waals surface area contributed by atoms with E-state index in [2.05, 4.69) is 16.6 Å². The Hall–Kier alpha value is -2.90. The van der Waals surface area contributed by atoms with Crippen molar-refractivity contribution in [3.05, 3.63) is 29.8 Å². The number of nitriles is 1. The van der Waals surface area contributed by atoms with Crippen LogP contribution in [0.15, 0.2) is 24.3 Å². The van der Waals surface area contributed by atoms with Gasteiger partial charge in [-0.15, -0.1) is 6.42 Å². The fourth-order valence-corrected chi connectivity index (χ4v) is 5.25. The molecular formula is C24H27FN4O2. The van der Waals surface area contributed by atoms with Crippen LogP contribution in [0.3, 0.4) is 0 Å². The van der Waals surface area contributed by atoms with Crippen molar-refractivity contribution in [3.8, 4) is 18.4 Å². The number of anilines is 1. The van der Waals surface area contributed by atoms with E-state index in [-0.39, 0.29) is 42.3 Å². The summed E-state index contributed by atoms with van der Waals surface area (Å²) in [6.07, 6.45) is 9.09. The summed E-state index contributed by atoms with van der Waals surface area (Å²) in [7, 11) is 0. The van der Waals surface area contributed by atoms with Gasteiger partial charge in [0.2, 0.25) is 11.8 Å². The van der Waals surface area contributed by atoms with Gasteiger partial charge in [0.25, 0.3) is 0 Å². The summed E-state index contributed by atoms with van der Waals surface area (Å²) in [5, 5.41) is 15.6. The molecule has 5 rings (SSSR count). The van der Waals surface area contributed by atoms with Gasteiger partial charge in [-0.3, -0.25) is 9.59 Å². The number of fused-ring (bicyclic) bond motifs is 3. The SMILES string of the molecule is C#Cc1ccc(NC(=O)C23CCC(NCC(=O)N4C[C@@H](F)C[C@H]4C#N)(CC2)CC3)cc1. The van der Waals surface area contributed by atoms with Gasteiger partial charge < -0.3 is 15.5 Å². The predicted octanol–water partition coefficient (Wildman–Crippen LogP) is 2.75. The molecule has 162 valence electrons. The molecule has 1 aromatic rings. The highest BCUT2D eigenvalue weighted by molar-refractivity contribution is 5.95. The third-order valence-electron chi connectivity index (χ3n) is 7.37. The molecule has 1 heterocycles. The van der Waals surface area contributed by atoms with Gasteiger partial charge in [-0.05, 0) is 62.8 Å². The molecule has 6 nitrogen and oxygen atoms in total. The molecule has 7 heteroatoms. The molecule has 2 amide bonds. The quantitative estimate of drug-likeness (QED) is 0.715. The van der Waals surface area contributed by atoms with Gasteiger partial charge >= 0.3 is 0 Å². The zero-order valence-corrected chi connectivity index (χ0v) is 17.5. The minimum absolute atomic E-state index is 0.00263. The second-order valence-corrected chi connectivity index (χ2v) is 9.11. The van der Waals surface area contributed by atoms with E-state index in [0.717, 1.165) is 49.8 Å². The minimum Gasteiger partial charge on any atom is -0.326 e. The molecule has 4 aliphatic rings. The number of likely N-dealkylation sites (tertiary alicyclic amines) is 1. The van der Waals surface area contributed by atoms with Crippen LogP contribution in [0.1, 0.15) is 50.5 Å². The molecule has 31 heavy (non-hydrogen) atoms. The van der Waals surface area contributed by atoms with Crippen molar-refractivity contribution in [1.82, 2.24) is 10.2 Å².